The van der Waals surface area contributed by atoms with Crippen LogP contribution < -0.4 is 10.2 Å². The number of carbonyl (C=O) groups is 1. The van der Waals surface area contributed by atoms with Crippen molar-refractivity contribution in [2.75, 3.05) is 0 Å². The maximum Gasteiger partial charge on any atom is 0.281 e. The van der Waals surface area contributed by atoms with Gasteiger partial charge in [0.25, 0.3) is 5.91 Å². The zero-order chi connectivity index (χ0) is 19.2. The number of phenols is 1. The largest absolute Gasteiger partial charge is 0.507 e. The summed E-state index contributed by atoms with van der Waals surface area (Å²) < 4.78 is 6.72. The molecule has 138 valence electrons. The van der Waals surface area contributed by atoms with Gasteiger partial charge in [0, 0.05) is 5.56 Å². The molecule has 0 aromatic heterocycles. The summed E-state index contributed by atoms with van der Waals surface area (Å²) in [5.74, 6) is 0.337. The molecule has 3 aromatic rings. The summed E-state index contributed by atoms with van der Waals surface area (Å²) in [7, 11) is 0. The number of benzene rings is 3. The third kappa shape index (κ3) is 4.46. The van der Waals surface area contributed by atoms with Gasteiger partial charge in [-0.05, 0) is 51.3 Å². The van der Waals surface area contributed by atoms with Gasteiger partial charge in [-0.2, -0.15) is 5.10 Å². The summed E-state index contributed by atoms with van der Waals surface area (Å²) in [5, 5.41) is 15.7. The molecule has 0 aliphatic carbocycles. The summed E-state index contributed by atoms with van der Waals surface area (Å²) in [4.78, 5) is 12.4. The molecule has 3 aromatic carbocycles. The lowest BCUT2D eigenvalue weighted by atomic mass is 10.1. The van der Waals surface area contributed by atoms with E-state index in [2.05, 4.69) is 26.5 Å². The number of hydrogen-bond acceptors (Lipinski definition) is 4. The molecular weight excluding hydrogens is 408 g/mol. The van der Waals surface area contributed by atoms with Crippen molar-refractivity contribution in [2.45, 2.75) is 19.4 Å². The van der Waals surface area contributed by atoms with E-state index >= 15 is 0 Å². The molecule has 3 rings (SSSR count). The molecule has 27 heavy (non-hydrogen) atoms. The number of nitrogens with one attached hydrogen (secondary N) is 1. The average Bonchev–Trinajstić information content (AvgIpc) is 2.69. The van der Waals surface area contributed by atoms with Crippen LogP contribution in [0.4, 0.5) is 0 Å². The van der Waals surface area contributed by atoms with Gasteiger partial charge in [0.1, 0.15) is 11.5 Å². The van der Waals surface area contributed by atoms with Crippen molar-refractivity contribution in [1.82, 2.24) is 5.43 Å². The number of nitrogens with zero attached hydrogens (tertiary/aromatic N) is 1. The number of hydrogen-bond donors (Lipinski definition) is 2. The molecule has 0 aliphatic rings. The SMILES string of the molecule is CCC(Oc1ccc2ccccc2c1Br)C(=O)NN=Cc1ccccc1O. The summed E-state index contributed by atoms with van der Waals surface area (Å²) in [6, 6.07) is 18.5. The number of halogens is 1. The Morgan fingerprint density at radius 3 is 2.70 bits per heavy atom. The fourth-order valence-electron chi connectivity index (χ4n) is 2.61. The van der Waals surface area contributed by atoms with Gasteiger partial charge in [0.2, 0.25) is 0 Å². The van der Waals surface area contributed by atoms with E-state index in [1.807, 2.05) is 43.3 Å². The van der Waals surface area contributed by atoms with Gasteiger partial charge in [0.15, 0.2) is 6.10 Å². The monoisotopic (exact) mass is 426 g/mol. The van der Waals surface area contributed by atoms with E-state index in [0.29, 0.717) is 17.7 Å². The zero-order valence-corrected chi connectivity index (χ0v) is 16.3. The Labute approximate surface area is 165 Å². The van der Waals surface area contributed by atoms with E-state index in [1.54, 1.807) is 24.3 Å². The van der Waals surface area contributed by atoms with Gasteiger partial charge in [-0.1, -0.05) is 49.4 Å². The van der Waals surface area contributed by atoms with Crippen LogP contribution in [0.1, 0.15) is 18.9 Å². The number of aromatic hydroxyl groups is 1. The van der Waals surface area contributed by atoms with Crippen LogP contribution in [0.5, 0.6) is 11.5 Å². The first-order chi connectivity index (χ1) is 13.1. The van der Waals surface area contributed by atoms with Crippen LogP contribution in [0.3, 0.4) is 0 Å². The Morgan fingerprint density at radius 1 is 1.19 bits per heavy atom. The maximum absolute atomic E-state index is 12.4. The van der Waals surface area contributed by atoms with Crippen molar-refractivity contribution in [1.29, 1.82) is 0 Å². The van der Waals surface area contributed by atoms with Gasteiger partial charge in [0.05, 0.1) is 10.7 Å². The topological polar surface area (TPSA) is 70.9 Å². The number of phenolic OH excluding ortho intramolecular Hbond substituents is 1. The minimum absolute atomic E-state index is 0.0962. The molecule has 5 nitrogen and oxygen atoms in total. The lowest BCUT2D eigenvalue weighted by molar-refractivity contribution is -0.128. The maximum atomic E-state index is 12.4. The molecular formula is C21H19BrN2O3. The molecule has 0 saturated heterocycles. The molecule has 6 heteroatoms. The highest BCUT2D eigenvalue weighted by molar-refractivity contribution is 9.10. The first kappa shape index (κ1) is 18.9. The van der Waals surface area contributed by atoms with Gasteiger partial charge < -0.3 is 9.84 Å². The highest BCUT2D eigenvalue weighted by Gasteiger charge is 2.19. The normalized spacial score (nSPS) is 12.2. The Bertz CT molecular complexity index is 988. The number of fused-ring (bicyclic) bond motifs is 1. The second-order valence-electron chi connectivity index (χ2n) is 5.91. The minimum atomic E-state index is -0.691. The molecule has 0 heterocycles. The van der Waals surface area contributed by atoms with Gasteiger partial charge in [-0.3, -0.25) is 4.79 Å². The van der Waals surface area contributed by atoms with E-state index in [4.69, 9.17) is 4.74 Å². The van der Waals surface area contributed by atoms with Crippen LogP contribution in [-0.4, -0.2) is 23.3 Å². The van der Waals surface area contributed by atoms with Gasteiger partial charge in [-0.25, -0.2) is 5.43 Å². The molecule has 0 aliphatic heterocycles. The fourth-order valence-corrected chi connectivity index (χ4v) is 3.20. The quantitative estimate of drug-likeness (QED) is 0.446. The molecule has 1 atom stereocenters. The summed E-state index contributed by atoms with van der Waals surface area (Å²) in [6.45, 7) is 1.87. The van der Waals surface area contributed by atoms with E-state index in [-0.39, 0.29) is 11.7 Å². The molecule has 0 fully saturated rings. The highest BCUT2D eigenvalue weighted by atomic mass is 79.9. The highest BCUT2D eigenvalue weighted by Crippen LogP contribution is 2.33. The first-order valence-electron chi connectivity index (χ1n) is 8.55. The van der Waals surface area contributed by atoms with Crippen LogP contribution in [0.2, 0.25) is 0 Å². The van der Waals surface area contributed by atoms with Crippen LogP contribution in [0.15, 0.2) is 70.2 Å². The first-order valence-corrected chi connectivity index (χ1v) is 9.34. The zero-order valence-electron chi connectivity index (χ0n) is 14.7. The summed E-state index contributed by atoms with van der Waals surface area (Å²) >= 11 is 3.57. The minimum Gasteiger partial charge on any atom is -0.507 e. The predicted molar refractivity (Wildman–Crippen MR) is 110 cm³/mol. The second-order valence-corrected chi connectivity index (χ2v) is 6.70. The van der Waals surface area contributed by atoms with E-state index in [9.17, 15) is 9.90 Å². The third-order valence-electron chi connectivity index (χ3n) is 4.08. The van der Waals surface area contributed by atoms with Crippen molar-refractivity contribution in [2.24, 2.45) is 5.10 Å². The van der Waals surface area contributed by atoms with E-state index in [0.717, 1.165) is 15.2 Å². The number of carbonyl (C=O) groups excluding carboxylic acids is 1. The molecule has 0 saturated carbocycles. The molecule has 0 spiro atoms. The smallest absolute Gasteiger partial charge is 0.281 e. The fraction of sp³-hybridized carbons (Fsp3) is 0.143. The summed E-state index contributed by atoms with van der Waals surface area (Å²) in [5.41, 5.74) is 2.98. The third-order valence-corrected chi connectivity index (χ3v) is 4.89. The van der Waals surface area contributed by atoms with Crippen LogP contribution in [-0.2, 0) is 4.79 Å². The number of amides is 1. The molecule has 2 N–H and O–H groups in total. The van der Waals surface area contributed by atoms with E-state index < -0.39 is 6.10 Å². The lowest BCUT2D eigenvalue weighted by Crippen LogP contribution is -2.35. The van der Waals surface area contributed by atoms with Gasteiger partial charge in [-0.15, -0.1) is 0 Å². The average molecular weight is 427 g/mol. The van der Waals surface area contributed by atoms with Crippen molar-refractivity contribution < 1.29 is 14.6 Å². The van der Waals surface area contributed by atoms with Crippen LogP contribution >= 0.6 is 15.9 Å². The molecule has 1 unspecified atom stereocenters. The van der Waals surface area contributed by atoms with Crippen molar-refractivity contribution in [3.63, 3.8) is 0 Å². The number of hydrazone groups is 1. The van der Waals surface area contributed by atoms with Crippen molar-refractivity contribution in [3.05, 3.63) is 70.7 Å². The predicted octanol–water partition coefficient (Wildman–Crippen LogP) is 4.62. The summed E-state index contributed by atoms with van der Waals surface area (Å²) in [6.07, 6.45) is 1.19. The van der Waals surface area contributed by atoms with E-state index in [1.165, 1.54) is 6.21 Å². The van der Waals surface area contributed by atoms with Crippen molar-refractivity contribution >= 4 is 38.8 Å². The molecule has 0 radical (unpaired) electrons. The Kier molecular flexibility index (Phi) is 6.08. The second kappa shape index (κ2) is 8.68. The number of rotatable bonds is 6. The number of para-hydroxylation sites is 1. The molecule has 1 amide bonds. The Morgan fingerprint density at radius 2 is 1.93 bits per heavy atom. The Balaban J connectivity index is 1.71. The Hall–Kier alpha value is -2.86. The number of ether oxygens (including phenoxy) is 1. The van der Waals surface area contributed by atoms with Crippen LogP contribution in [0.25, 0.3) is 10.8 Å². The molecule has 0 bridgehead atoms. The van der Waals surface area contributed by atoms with Gasteiger partial charge >= 0.3 is 0 Å². The van der Waals surface area contributed by atoms with Crippen LogP contribution in [0, 0.1) is 0 Å². The lowest BCUT2D eigenvalue weighted by Gasteiger charge is -2.17. The standard InChI is InChI=1S/C21H19BrN2O3/c1-2-18(21(26)24-23-13-15-8-4-6-10-17(15)25)27-19-12-11-14-7-3-5-9-16(14)20(19)22/h3-13,18,25H,2H2,1H3,(H,24,26). The van der Waals surface area contributed by atoms with Crippen molar-refractivity contribution in [3.8, 4) is 11.5 Å².